The van der Waals surface area contributed by atoms with Gasteiger partial charge in [0.05, 0.1) is 34.4 Å². The first kappa shape index (κ1) is 54.6. The van der Waals surface area contributed by atoms with Crippen LogP contribution >= 0.6 is 0 Å². The van der Waals surface area contributed by atoms with Gasteiger partial charge in [-0.15, -0.1) is 0 Å². The Kier molecular flexibility index (Phi) is 38.6. The van der Waals surface area contributed by atoms with Gasteiger partial charge in [-0.05, 0) is 64.2 Å². The van der Waals surface area contributed by atoms with Gasteiger partial charge in [0.2, 0.25) is 0 Å². The zero-order chi connectivity index (χ0) is 42.1. The van der Waals surface area contributed by atoms with Crippen LogP contribution in [0.15, 0.2) is 36.5 Å². The Bertz CT molecular complexity index is 1030. The Morgan fingerprint density at radius 3 is 1.42 bits per heavy atom. The molecule has 332 valence electrons. The third kappa shape index (κ3) is 38.8. The van der Waals surface area contributed by atoms with E-state index < -0.39 is 18.1 Å². The lowest BCUT2D eigenvalue weighted by Crippen LogP contribution is -2.50. The number of rotatable bonds is 42. The van der Waals surface area contributed by atoms with Crippen LogP contribution < -0.4 is 0 Å². The number of quaternary nitrogens is 1. The summed E-state index contributed by atoms with van der Waals surface area (Å²) in [6.45, 7) is 4.70. The molecule has 0 amide bonds. The van der Waals surface area contributed by atoms with E-state index in [4.69, 9.17) is 14.2 Å². The number of aliphatic carboxylic acids is 1. The number of allylic oxidation sites excluding steroid dienone is 6. The van der Waals surface area contributed by atoms with Crippen LogP contribution in [0.4, 0.5) is 0 Å². The van der Waals surface area contributed by atoms with Crippen LogP contribution in [-0.2, 0) is 28.6 Å². The van der Waals surface area contributed by atoms with Gasteiger partial charge >= 0.3 is 17.9 Å². The first-order valence-electron chi connectivity index (χ1n) is 23.5. The number of carboxylic acids is 1. The van der Waals surface area contributed by atoms with E-state index in [1.807, 2.05) is 21.1 Å². The lowest BCUT2D eigenvalue weighted by molar-refractivity contribution is -0.887. The molecule has 0 aliphatic heterocycles. The maximum atomic E-state index is 12.7. The van der Waals surface area contributed by atoms with Gasteiger partial charge in [0.25, 0.3) is 0 Å². The molecule has 0 aromatic carbocycles. The Hall–Kier alpha value is -2.45. The van der Waals surface area contributed by atoms with E-state index in [1.54, 1.807) is 0 Å². The van der Waals surface area contributed by atoms with Gasteiger partial charge in [0.15, 0.2) is 12.1 Å². The fourth-order valence-electron chi connectivity index (χ4n) is 6.84. The molecule has 0 fully saturated rings. The van der Waals surface area contributed by atoms with Crippen molar-refractivity contribution in [3.63, 3.8) is 0 Å². The molecule has 0 rings (SSSR count). The van der Waals surface area contributed by atoms with E-state index >= 15 is 0 Å². The molecule has 8 heteroatoms. The zero-order valence-electron chi connectivity index (χ0n) is 37.8. The summed E-state index contributed by atoms with van der Waals surface area (Å²) < 4.78 is 17.3. The average Bonchev–Trinajstić information content (AvgIpc) is 3.17. The number of carbonyl (C=O) groups is 3. The van der Waals surface area contributed by atoms with Crippen molar-refractivity contribution < 1.29 is 38.2 Å². The van der Waals surface area contributed by atoms with Crippen LogP contribution in [0, 0.1) is 0 Å². The van der Waals surface area contributed by atoms with Crippen LogP contribution in [0.1, 0.15) is 206 Å². The standard InChI is InChI=1S/C49H89NO7/c1-6-8-10-12-14-16-18-20-22-23-24-25-26-28-30-32-34-36-38-40-48(52)57-45(43-55-42-41-46(49(53)54)50(3,4)5)44-56-47(51)39-37-35-33-31-29-27-21-19-17-15-13-11-9-7-2/h14,16,18,20,27,29,45-46H,6-13,15,17,19,21-26,28,30-44H2,1-5H3/p+1/b16-14+,20-18+,29-27+. The Morgan fingerprint density at radius 2 is 0.930 bits per heavy atom. The molecule has 0 aromatic rings. The fourth-order valence-corrected chi connectivity index (χ4v) is 6.84. The summed E-state index contributed by atoms with van der Waals surface area (Å²) in [5, 5.41) is 9.63. The number of unbranched alkanes of at least 4 members (excludes halogenated alkanes) is 23. The van der Waals surface area contributed by atoms with Gasteiger partial charge < -0.3 is 23.8 Å². The van der Waals surface area contributed by atoms with Crippen LogP contribution in [0.2, 0.25) is 0 Å². The number of ether oxygens (including phenoxy) is 3. The molecule has 0 aliphatic carbocycles. The maximum absolute atomic E-state index is 12.7. The summed E-state index contributed by atoms with van der Waals surface area (Å²) in [7, 11) is 5.53. The third-order valence-corrected chi connectivity index (χ3v) is 10.5. The first-order valence-corrected chi connectivity index (χ1v) is 23.5. The molecule has 0 bridgehead atoms. The number of carbonyl (C=O) groups excluding carboxylic acids is 2. The molecule has 0 radical (unpaired) electrons. The minimum absolute atomic E-state index is 0.0565. The molecule has 0 aromatic heterocycles. The molecule has 0 heterocycles. The highest BCUT2D eigenvalue weighted by molar-refractivity contribution is 5.72. The molecule has 1 N–H and O–H groups in total. The van der Waals surface area contributed by atoms with Crippen molar-refractivity contribution in [2.75, 3.05) is 41.0 Å². The lowest BCUT2D eigenvalue weighted by atomic mass is 10.1. The van der Waals surface area contributed by atoms with E-state index in [2.05, 4.69) is 50.3 Å². The highest BCUT2D eigenvalue weighted by Crippen LogP contribution is 2.15. The molecule has 57 heavy (non-hydrogen) atoms. The normalized spacial score (nSPS) is 13.2. The highest BCUT2D eigenvalue weighted by Gasteiger charge is 2.31. The second kappa shape index (κ2) is 40.3. The Balaban J connectivity index is 4.31. The van der Waals surface area contributed by atoms with Crippen molar-refractivity contribution in [2.24, 2.45) is 0 Å². The summed E-state index contributed by atoms with van der Waals surface area (Å²) in [6, 6.07) is -0.616. The fraction of sp³-hybridized carbons (Fsp3) is 0.816. The summed E-state index contributed by atoms with van der Waals surface area (Å²) >= 11 is 0. The predicted molar refractivity (Wildman–Crippen MR) is 238 cm³/mol. The van der Waals surface area contributed by atoms with Crippen molar-refractivity contribution in [3.8, 4) is 0 Å². The van der Waals surface area contributed by atoms with E-state index in [0.717, 1.165) is 51.4 Å². The molecule has 0 saturated heterocycles. The quantitative estimate of drug-likeness (QED) is 0.0216. The molecule has 2 unspecified atom stereocenters. The van der Waals surface area contributed by atoms with Gasteiger partial charge in [-0.3, -0.25) is 9.59 Å². The molecule has 8 nitrogen and oxygen atoms in total. The van der Waals surface area contributed by atoms with Crippen LogP contribution in [0.3, 0.4) is 0 Å². The number of likely N-dealkylation sites (N-methyl/N-ethyl adjacent to an activating group) is 1. The van der Waals surface area contributed by atoms with Crippen molar-refractivity contribution in [2.45, 2.75) is 219 Å². The van der Waals surface area contributed by atoms with Crippen LogP contribution in [0.25, 0.3) is 0 Å². The van der Waals surface area contributed by atoms with Crippen LogP contribution in [0.5, 0.6) is 0 Å². The second-order valence-electron chi connectivity index (χ2n) is 17.0. The van der Waals surface area contributed by atoms with Crippen molar-refractivity contribution in [1.29, 1.82) is 0 Å². The van der Waals surface area contributed by atoms with Gasteiger partial charge in [0.1, 0.15) is 6.61 Å². The molecule has 2 atom stereocenters. The Labute approximate surface area is 351 Å². The number of hydrogen-bond donors (Lipinski definition) is 1. The van der Waals surface area contributed by atoms with Gasteiger partial charge in [0, 0.05) is 19.3 Å². The number of nitrogens with zero attached hydrogens (tertiary/aromatic N) is 1. The SMILES string of the molecule is CCCCC/C=C/C=C/CCCCCCCCCCCCC(=O)OC(COCCC(C(=O)O)[N+](C)(C)C)COC(=O)CCCCC/C=C/CCCCCCCCC. The van der Waals surface area contributed by atoms with Gasteiger partial charge in [-0.2, -0.15) is 0 Å². The smallest absolute Gasteiger partial charge is 0.362 e. The largest absolute Gasteiger partial charge is 0.477 e. The monoisotopic (exact) mass is 805 g/mol. The van der Waals surface area contributed by atoms with E-state index in [-0.39, 0.29) is 36.2 Å². The molecule has 0 spiro atoms. The highest BCUT2D eigenvalue weighted by atomic mass is 16.6. The van der Waals surface area contributed by atoms with Gasteiger partial charge in [-0.1, -0.05) is 159 Å². The number of hydrogen-bond acceptors (Lipinski definition) is 6. The van der Waals surface area contributed by atoms with E-state index in [0.29, 0.717) is 19.3 Å². The van der Waals surface area contributed by atoms with E-state index in [1.165, 1.54) is 122 Å². The number of esters is 2. The summed E-state index contributed by atoms with van der Waals surface area (Å²) in [5.74, 6) is -1.49. The minimum atomic E-state index is -0.877. The average molecular weight is 805 g/mol. The van der Waals surface area contributed by atoms with Crippen molar-refractivity contribution >= 4 is 17.9 Å². The molecule has 0 saturated carbocycles. The first-order chi connectivity index (χ1) is 27.6. The third-order valence-electron chi connectivity index (χ3n) is 10.5. The Morgan fingerprint density at radius 1 is 0.526 bits per heavy atom. The van der Waals surface area contributed by atoms with Crippen LogP contribution in [-0.4, -0.2) is 80.6 Å². The summed E-state index contributed by atoms with van der Waals surface area (Å²) in [5.41, 5.74) is 0. The van der Waals surface area contributed by atoms with E-state index in [9.17, 15) is 19.5 Å². The summed E-state index contributed by atoms with van der Waals surface area (Å²) in [4.78, 5) is 37.0. The lowest BCUT2D eigenvalue weighted by Gasteiger charge is -2.31. The second-order valence-corrected chi connectivity index (χ2v) is 17.0. The molecular weight excluding hydrogens is 715 g/mol. The van der Waals surface area contributed by atoms with Crippen molar-refractivity contribution in [1.82, 2.24) is 0 Å². The predicted octanol–water partition coefficient (Wildman–Crippen LogP) is 13.0. The number of carboxylic acid groups (broad SMARTS) is 1. The molecule has 0 aliphatic rings. The topological polar surface area (TPSA) is 99.1 Å². The summed E-state index contributed by atoms with van der Waals surface area (Å²) in [6.07, 6.45) is 46.1. The maximum Gasteiger partial charge on any atom is 0.362 e. The van der Waals surface area contributed by atoms with Gasteiger partial charge in [-0.25, -0.2) is 4.79 Å². The van der Waals surface area contributed by atoms with Crippen molar-refractivity contribution in [3.05, 3.63) is 36.5 Å². The molecular formula is C49H90NO7+. The minimum Gasteiger partial charge on any atom is -0.477 e. The zero-order valence-corrected chi connectivity index (χ0v) is 37.8.